The van der Waals surface area contributed by atoms with Crippen molar-refractivity contribution < 1.29 is 255 Å². The zero-order chi connectivity index (χ0) is 69.2. The normalized spacial score (nSPS) is 11.9. The van der Waals surface area contributed by atoms with E-state index in [1.54, 1.807) is 13.8 Å². The average molecular weight is 1350 g/mol. The van der Waals surface area contributed by atoms with Crippen molar-refractivity contribution in [2.24, 2.45) is 22.7 Å². The minimum absolute atomic E-state index is 0. The van der Waals surface area contributed by atoms with Gasteiger partial charge in [0.15, 0.2) is 0 Å². The molecule has 0 aliphatic heterocycles. The van der Waals surface area contributed by atoms with E-state index in [9.17, 15) is 102 Å². The van der Waals surface area contributed by atoms with E-state index in [2.05, 4.69) is 57.1 Å². The molecule has 8 N–H and O–H groups in total. The van der Waals surface area contributed by atoms with Crippen molar-refractivity contribution in [2.75, 3.05) is 26.4 Å². The number of carbonyl (C=O) groups excluding carboxylic acids is 12. The Kier molecular flexibility index (Phi) is 62.3. The number of carbonyl (C=O) groups is 16. The Bertz CT molecular complexity index is 2360. The van der Waals surface area contributed by atoms with Crippen LogP contribution in [0.1, 0.15) is 132 Å². The second kappa shape index (κ2) is 55.9. The van der Waals surface area contributed by atoms with Crippen LogP contribution in [0.15, 0.2) is 49.6 Å². The molecule has 92 heavy (non-hydrogen) atoms. The van der Waals surface area contributed by atoms with Crippen LogP contribution in [0.2, 0.25) is 0 Å². The van der Waals surface area contributed by atoms with E-state index in [-0.39, 0.29) is 207 Å². The van der Waals surface area contributed by atoms with Gasteiger partial charge in [0, 0.05) is 58.9 Å². The average Bonchev–Trinajstić information content (AvgIpc) is 3.57. The zero-order valence-corrected chi connectivity index (χ0v) is 62.3. The number of ether oxygens (including phenoxy) is 4. The van der Waals surface area contributed by atoms with E-state index >= 15 is 0 Å². The van der Waals surface area contributed by atoms with Gasteiger partial charge in [-0.2, -0.15) is 0 Å². The number of esters is 4. The molecular formula is C56H80N4Na4O28. The summed E-state index contributed by atoms with van der Waals surface area (Å²) in [6, 6.07) is -5.52. The third-order valence-electron chi connectivity index (χ3n) is 11.6. The molecule has 0 heterocycles. The first kappa shape index (κ1) is 103. The van der Waals surface area contributed by atoms with Gasteiger partial charge in [0.05, 0.1) is 35.9 Å². The molecule has 0 aromatic carbocycles. The summed E-state index contributed by atoms with van der Waals surface area (Å²) in [5.74, 6) is -17.7. The fourth-order valence-electron chi connectivity index (χ4n) is 6.47. The van der Waals surface area contributed by atoms with Crippen molar-refractivity contribution in [2.45, 2.75) is 157 Å². The van der Waals surface area contributed by atoms with E-state index in [0.717, 1.165) is 12.2 Å². The first-order valence-corrected chi connectivity index (χ1v) is 26.7. The van der Waals surface area contributed by atoms with Crippen molar-refractivity contribution in [3.05, 3.63) is 49.6 Å². The Morgan fingerprint density at radius 3 is 0.957 bits per heavy atom. The van der Waals surface area contributed by atoms with Crippen molar-refractivity contribution in [3.63, 3.8) is 0 Å². The number of carboxylic acids is 8. The Morgan fingerprint density at radius 1 is 0.446 bits per heavy atom. The Balaban J connectivity index is -0.000000207. The first-order chi connectivity index (χ1) is 40.6. The molecule has 0 saturated heterocycles. The van der Waals surface area contributed by atoms with Crippen LogP contribution in [0.3, 0.4) is 0 Å². The minimum Gasteiger partial charge on any atom is -0.550 e. The molecule has 0 spiro atoms. The minimum atomic E-state index is -1.66. The molecule has 496 valence electrons. The van der Waals surface area contributed by atoms with Gasteiger partial charge in [-0.1, -0.05) is 67.9 Å². The summed E-state index contributed by atoms with van der Waals surface area (Å²) in [5.41, 5.74) is -2.16. The number of rotatable bonds is 40. The molecule has 0 radical (unpaired) electrons. The van der Waals surface area contributed by atoms with Crippen LogP contribution in [0.5, 0.6) is 0 Å². The molecule has 0 aliphatic carbocycles. The molecule has 0 aliphatic rings. The van der Waals surface area contributed by atoms with Crippen molar-refractivity contribution >= 4 is 95.3 Å². The van der Waals surface area contributed by atoms with Crippen molar-refractivity contribution in [3.8, 4) is 0 Å². The van der Waals surface area contributed by atoms with Gasteiger partial charge in [-0.15, -0.1) is 0 Å². The van der Waals surface area contributed by atoms with E-state index in [1.807, 2.05) is 0 Å². The summed E-state index contributed by atoms with van der Waals surface area (Å²) in [6.45, 7) is 24.7. The quantitative estimate of drug-likeness (QED) is 0.00928. The molecule has 6 unspecified atom stereocenters. The van der Waals surface area contributed by atoms with Crippen LogP contribution in [0.25, 0.3) is 0 Å². The van der Waals surface area contributed by atoms with E-state index in [1.165, 1.54) is 41.5 Å². The molecule has 0 fully saturated rings. The van der Waals surface area contributed by atoms with Gasteiger partial charge in [-0.3, -0.25) is 38.4 Å². The molecule has 6 atom stereocenters. The maximum absolute atomic E-state index is 12.8. The molecule has 4 amide bonds. The predicted molar refractivity (Wildman–Crippen MR) is 293 cm³/mol. The fourth-order valence-corrected chi connectivity index (χ4v) is 6.47. The van der Waals surface area contributed by atoms with Crippen LogP contribution in [0, 0.1) is 22.7 Å². The van der Waals surface area contributed by atoms with Crippen LogP contribution in [-0.4, -0.2) is 166 Å². The Morgan fingerprint density at radius 2 is 0.707 bits per heavy atom. The van der Waals surface area contributed by atoms with Crippen LogP contribution < -0.4 is 160 Å². The zero-order valence-electron chi connectivity index (χ0n) is 54.3. The Labute approximate surface area is 620 Å². The molecule has 32 nitrogen and oxygen atoms in total. The standard InChI is InChI=1S/C30H48N2O14.2C9H13NO5.C8H10O4.4Na/c1-7-17(15-29(3,4)27(43)31-19(23(37)38)9-11-21(33)34)25(41)45-13-14-46-26(42)18(8-2)16-30(5,6)28(44)32-20(24(39)40)10-12-22(35)36;2*1-5(2)8(13)10-6(9(14)15)3-4-7(11)12;1-3-7(9)11-5-6-12-8(10)4-2;;;;/h17-20H,7-16H2,1-6H3,(H,31,43)(H,32,44)(H,33,34)(H,35,36)(H,37,38)(H,39,40);2*6H,1,3-4H2,2H3,(H,10,13)(H,11,12)(H,14,15);3-4H,1-2,5-6H2;;;;/q;;;;4*+1/p-4. The summed E-state index contributed by atoms with van der Waals surface area (Å²) < 4.78 is 19.5. The maximum atomic E-state index is 12.8. The molecular weight excluding hydrogens is 1270 g/mol. The van der Waals surface area contributed by atoms with E-state index in [4.69, 9.17) is 24.8 Å². The molecule has 36 heteroatoms. The summed E-state index contributed by atoms with van der Waals surface area (Å²) in [4.78, 5) is 180. The summed E-state index contributed by atoms with van der Waals surface area (Å²) in [5, 5.41) is 86.5. The van der Waals surface area contributed by atoms with Crippen LogP contribution in [0.4, 0.5) is 0 Å². The maximum Gasteiger partial charge on any atom is 1.00 e. The first-order valence-electron chi connectivity index (χ1n) is 26.7. The van der Waals surface area contributed by atoms with E-state index in [0.29, 0.717) is 0 Å². The van der Waals surface area contributed by atoms with Gasteiger partial charge in [-0.05, 0) is 78.1 Å². The molecule has 0 saturated carbocycles. The number of hydrogen-bond donors (Lipinski definition) is 8. The van der Waals surface area contributed by atoms with Crippen LogP contribution >= 0.6 is 0 Å². The van der Waals surface area contributed by atoms with Crippen molar-refractivity contribution in [1.29, 1.82) is 0 Å². The fraction of sp³-hybridized carbons (Fsp3) is 0.571. The summed E-state index contributed by atoms with van der Waals surface area (Å²) >= 11 is 0. The summed E-state index contributed by atoms with van der Waals surface area (Å²) in [7, 11) is 0. The molecule has 0 aromatic heterocycles. The van der Waals surface area contributed by atoms with Crippen LogP contribution in [-0.2, 0) is 95.7 Å². The van der Waals surface area contributed by atoms with Gasteiger partial charge >= 0.3 is 166 Å². The number of nitrogens with one attached hydrogen (secondary N) is 4. The molecule has 0 rings (SSSR count). The number of aliphatic carboxylic acids is 8. The van der Waals surface area contributed by atoms with E-state index < -0.39 is 168 Å². The number of carboxylic acid groups (broad SMARTS) is 8. The molecule has 0 bridgehead atoms. The van der Waals surface area contributed by atoms with Gasteiger partial charge in [0.25, 0.3) is 0 Å². The topological polar surface area (TPSA) is 531 Å². The van der Waals surface area contributed by atoms with Gasteiger partial charge in [-0.25, -0.2) is 19.2 Å². The largest absolute Gasteiger partial charge is 1.00 e. The second-order valence-electron chi connectivity index (χ2n) is 20.1. The second-order valence-corrected chi connectivity index (χ2v) is 20.1. The smallest absolute Gasteiger partial charge is 0.550 e. The third-order valence-corrected chi connectivity index (χ3v) is 11.6. The molecule has 0 aromatic rings. The monoisotopic (exact) mass is 1350 g/mol. The van der Waals surface area contributed by atoms with Crippen molar-refractivity contribution in [1.82, 2.24) is 21.3 Å². The SMILES string of the molecule is C=C(C)C(=O)NC(CCC(=O)O)C(=O)O.C=C(C)C(=O)NC(CCC(=O)[O-])C(=O)[O-].C=CC(=O)OCCOC(=O)C=C.CCC(CC(C)(C)C(=O)NC(CCC(=O)[O-])C(=O)[O-])C(=O)OCCOC(=O)C(CC)CC(C)(C)C(=O)NC(CCC(=O)O)C(=O)O.[Na+].[Na+].[Na+].[Na+]. The van der Waals surface area contributed by atoms with Gasteiger partial charge in [0.1, 0.15) is 38.5 Å². The Hall–Kier alpha value is -5.52. The summed E-state index contributed by atoms with van der Waals surface area (Å²) in [6.07, 6.45) is -0.461. The number of hydrogen-bond acceptors (Lipinski definition) is 24. The third kappa shape index (κ3) is 51.9. The van der Waals surface area contributed by atoms with Gasteiger partial charge < -0.3 is 100 Å². The van der Waals surface area contributed by atoms with Gasteiger partial charge in [0.2, 0.25) is 23.6 Å². The number of amides is 4. The predicted octanol–water partition coefficient (Wildman–Crippen LogP) is -15.1.